The van der Waals surface area contributed by atoms with E-state index in [1.54, 1.807) is 19.9 Å². The Hall–Kier alpha value is -0.920. The van der Waals surface area contributed by atoms with Crippen LogP contribution in [-0.2, 0) is 16.6 Å². The molecule has 1 aromatic carbocycles. The average molecular weight is 346 g/mol. The number of thiophene rings is 1. The molecule has 0 bridgehead atoms. The van der Waals surface area contributed by atoms with Gasteiger partial charge < -0.3 is 5.11 Å². The summed E-state index contributed by atoms with van der Waals surface area (Å²) in [6, 6.07) is 4.51. The molecule has 7 heteroatoms. The summed E-state index contributed by atoms with van der Waals surface area (Å²) in [4.78, 5) is 0.0983. The zero-order valence-corrected chi connectivity index (χ0v) is 14.0. The summed E-state index contributed by atoms with van der Waals surface area (Å²) >= 11 is 7.45. The summed E-state index contributed by atoms with van der Waals surface area (Å²) in [7, 11) is -3.71. The summed E-state index contributed by atoms with van der Waals surface area (Å²) < 4.78 is 27.7. The van der Waals surface area contributed by atoms with Crippen LogP contribution in [0.25, 0.3) is 0 Å². The second-order valence-electron chi connectivity index (χ2n) is 4.75. The van der Waals surface area contributed by atoms with E-state index in [9.17, 15) is 13.5 Å². The topological polar surface area (TPSA) is 66.4 Å². The lowest BCUT2D eigenvalue weighted by molar-refractivity contribution is 0.280. The molecule has 1 atom stereocenters. The van der Waals surface area contributed by atoms with Crippen LogP contribution in [0, 0.1) is 6.92 Å². The Labute approximate surface area is 133 Å². The Kier molecular flexibility index (Phi) is 5.06. The maximum absolute atomic E-state index is 12.5. The van der Waals surface area contributed by atoms with Crippen LogP contribution in [0.4, 0.5) is 0 Å². The first-order chi connectivity index (χ1) is 9.85. The van der Waals surface area contributed by atoms with Crippen molar-refractivity contribution in [2.24, 2.45) is 0 Å². The highest BCUT2D eigenvalue weighted by atomic mass is 35.5. The Morgan fingerprint density at radius 2 is 2.14 bits per heavy atom. The number of hydrogen-bond donors (Lipinski definition) is 2. The van der Waals surface area contributed by atoms with E-state index >= 15 is 0 Å². The van der Waals surface area contributed by atoms with Crippen LogP contribution in [-0.4, -0.2) is 13.5 Å². The van der Waals surface area contributed by atoms with Crippen molar-refractivity contribution >= 4 is 33.0 Å². The molecule has 0 spiro atoms. The van der Waals surface area contributed by atoms with E-state index in [0.717, 1.165) is 5.56 Å². The molecule has 2 aromatic rings. The van der Waals surface area contributed by atoms with Gasteiger partial charge >= 0.3 is 0 Å². The van der Waals surface area contributed by atoms with Gasteiger partial charge in [0, 0.05) is 11.1 Å². The van der Waals surface area contributed by atoms with E-state index in [0.29, 0.717) is 11.1 Å². The number of hydrogen-bond acceptors (Lipinski definition) is 4. The molecular weight excluding hydrogens is 330 g/mol. The van der Waals surface area contributed by atoms with Crippen LogP contribution < -0.4 is 4.72 Å². The number of aliphatic hydroxyl groups is 1. The third-order valence-corrected chi connectivity index (χ3v) is 5.85. The summed E-state index contributed by atoms with van der Waals surface area (Å²) in [5.74, 6) is 0. The normalized spacial score (nSPS) is 13.3. The maximum atomic E-state index is 12.5. The van der Waals surface area contributed by atoms with Crippen molar-refractivity contribution in [3.8, 4) is 0 Å². The molecule has 1 unspecified atom stereocenters. The lowest BCUT2D eigenvalue weighted by Gasteiger charge is -2.16. The average Bonchev–Trinajstić information content (AvgIpc) is 2.94. The number of benzene rings is 1. The summed E-state index contributed by atoms with van der Waals surface area (Å²) in [6.07, 6.45) is 0. The maximum Gasteiger partial charge on any atom is 0.241 e. The number of nitrogens with one attached hydrogen (secondary N) is 1. The van der Waals surface area contributed by atoms with Crippen LogP contribution in [0.2, 0.25) is 5.02 Å². The van der Waals surface area contributed by atoms with Gasteiger partial charge in [-0.1, -0.05) is 11.6 Å². The first kappa shape index (κ1) is 16.5. The minimum absolute atomic E-state index is 0.0983. The Morgan fingerprint density at radius 1 is 1.43 bits per heavy atom. The lowest BCUT2D eigenvalue weighted by Crippen LogP contribution is -2.27. The van der Waals surface area contributed by atoms with Gasteiger partial charge in [-0.25, -0.2) is 13.1 Å². The van der Waals surface area contributed by atoms with Crippen molar-refractivity contribution in [2.75, 3.05) is 0 Å². The molecule has 1 heterocycles. The van der Waals surface area contributed by atoms with Gasteiger partial charge in [0.15, 0.2) is 0 Å². The van der Waals surface area contributed by atoms with Crippen molar-refractivity contribution in [1.29, 1.82) is 0 Å². The highest BCUT2D eigenvalue weighted by Crippen LogP contribution is 2.26. The van der Waals surface area contributed by atoms with Gasteiger partial charge in [0.2, 0.25) is 10.0 Å². The fourth-order valence-corrected chi connectivity index (χ4v) is 4.64. The van der Waals surface area contributed by atoms with Gasteiger partial charge in [0.05, 0.1) is 11.5 Å². The molecule has 0 saturated heterocycles. The van der Waals surface area contributed by atoms with Crippen LogP contribution in [0.5, 0.6) is 0 Å². The van der Waals surface area contributed by atoms with E-state index in [4.69, 9.17) is 11.6 Å². The van der Waals surface area contributed by atoms with Crippen molar-refractivity contribution in [3.63, 3.8) is 0 Å². The van der Waals surface area contributed by atoms with Gasteiger partial charge in [-0.2, -0.15) is 11.3 Å². The minimum Gasteiger partial charge on any atom is -0.392 e. The third kappa shape index (κ3) is 3.64. The molecule has 0 aliphatic rings. The van der Waals surface area contributed by atoms with Crippen molar-refractivity contribution in [1.82, 2.24) is 4.72 Å². The van der Waals surface area contributed by atoms with Crippen molar-refractivity contribution in [3.05, 3.63) is 50.7 Å². The first-order valence-corrected chi connectivity index (χ1v) is 9.10. The predicted octanol–water partition coefficient (Wildman–Crippen LogP) is 3.24. The molecule has 21 heavy (non-hydrogen) atoms. The van der Waals surface area contributed by atoms with Gasteiger partial charge in [-0.05, 0) is 59.5 Å². The Morgan fingerprint density at radius 3 is 2.71 bits per heavy atom. The molecule has 4 nitrogen and oxygen atoms in total. The third-order valence-electron chi connectivity index (χ3n) is 3.27. The standard InChI is InChI=1S/C14H16ClNO3S2/c1-9-12(7-17)5-13(15)6-14(9)21(18,19)16-10(2)11-3-4-20-8-11/h3-6,8,10,16-17H,7H2,1-2H3. The molecule has 2 N–H and O–H groups in total. The number of rotatable bonds is 5. The molecular formula is C14H16ClNO3S2. The summed E-state index contributed by atoms with van der Waals surface area (Å²) in [5.41, 5.74) is 1.92. The number of sulfonamides is 1. The fourth-order valence-electron chi connectivity index (χ4n) is 2.04. The highest BCUT2D eigenvalue weighted by molar-refractivity contribution is 7.89. The molecule has 0 saturated carbocycles. The van der Waals surface area contributed by atoms with Gasteiger partial charge in [0.1, 0.15) is 0 Å². The van der Waals surface area contributed by atoms with Crippen LogP contribution in [0.1, 0.15) is 29.7 Å². The monoisotopic (exact) mass is 345 g/mol. The summed E-state index contributed by atoms with van der Waals surface area (Å²) in [6.45, 7) is 3.19. The lowest BCUT2D eigenvalue weighted by atomic mass is 10.1. The van der Waals surface area contributed by atoms with Gasteiger partial charge in [-0.3, -0.25) is 0 Å². The van der Waals surface area contributed by atoms with Crippen molar-refractivity contribution in [2.45, 2.75) is 31.4 Å². The molecule has 114 valence electrons. The Bertz CT molecular complexity index is 727. The van der Waals surface area contributed by atoms with E-state index in [-0.39, 0.29) is 22.6 Å². The van der Waals surface area contributed by atoms with Crippen LogP contribution >= 0.6 is 22.9 Å². The number of aliphatic hydroxyl groups excluding tert-OH is 1. The zero-order valence-electron chi connectivity index (χ0n) is 11.6. The van der Waals surface area contributed by atoms with E-state index in [1.165, 1.54) is 17.4 Å². The fraction of sp³-hybridized carbons (Fsp3) is 0.286. The quantitative estimate of drug-likeness (QED) is 0.874. The van der Waals surface area contributed by atoms with E-state index in [1.807, 2.05) is 16.8 Å². The molecule has 0 amide bonds. The van der Waals surface area contributed by atoms with Gasteiger partial charge in [-0.15, -0.1) is 0 Å². The van der Waals surface area contributed by atoms with Gasteiger partial charge in [0.25, 0.3) is 0 Å². The summed E-state index contributed by atoms with van der Waals surface area (Å²) in [5, 5.41) is 13.4. The smallest absolute Gasteiger partial charge is 0.241 e. The zero-order chi connectivity index (χ0) is 15.6. The predicted molar refractivity (Wildman–Crippen MR) is 85.2 cm³/mol. The minimum atomic E-state index is -3.71. The van der Waals surface area contributed by atoms with E-state index in [2.05, 4.69) is 4.72 Å². The highest BCUT2D eigenvalue weighted by Gasteiger charge is 2.22. The largest absolute Gasteiger partial charge is 0.392 e. The molecule has 0 fully saturated rings. The second-order valence-corrected chi connectivity index (χ2v) is 7.64. The van der Waals surface area contributed by atoms with Crippen molar-refractivity contribution < 1.29 is 13.5 Å². The molecule has 1 aromatic heterocycles. The molecule has 0 aliphatic heterocycles. The van der Waals surface area contributed by atoms with Crippen LogP contribution in [0.15, 0.2) is 33.9 Å². The first-order valence-electron chi connectivity index (χ1n) is 6.29. The van der Waals surface area contributed by atoms with Crippen LogP contribution in [0.3, 0.4) is 0 Å². The SMILES string of the molecule is Cc1c(CO)cc(Cl)cc1S(=O)(=O)NC(C)c1ccsc1. The van der Waals surface area contributed by atoms with E-state index < -0.39 is 10.0 Å². The molecule has 0 radical (unpaired) electrons. The second kappa shape index (κ2) is 6.46. The number of halogens is 1. The molecule has 0 aliphatic carbocycles. The molecule has 2 rings (SSSR count). The Balaban J connectivity index is 2.38.